The smallest absolute Gasteiger partial charge is 0.0164 e. The SMILES string of the molecule is CC1=CCNC2CC[C@@H]3[C@@H](CC[C@]4(C)CCC[C@@H]34)[C@@]12C. The molecule has 1 aliphatic heterocycles. The number of fused-ring (bicyclic) bond motifs is 5. The minimum atomic E-state index is 0.449. The summed E-state index contributed by atoms with van der Waals surface area (Å²) in [7, 11) is 0. The van der Waals surface area contributed by atoms with Crippen molar-refractivity contribution in [2.24, 2.45) is 28.6 Å². The van der Waals surface area contributed by atoms with E-state index in [9.17, 15) is 0 Å². The lowest BCUT2D eigenvalue weighted by molar-refractivity contribution is -0.0580. The highest BCUT2D eigenvalue weighted by atomic mass is 15.0. The first-order valence-corrected chi connectivity index (χ1v) is 8.96. The van der Waals surface area contributed by atoms with E-state index in [1.807, 2.05) is 0 Å². The monoisotopic (exact) mass is 273 g/mol. The van der Waals surface area contributed by atoms with E-state index >= 15 is 0 Å². The third-order valence-electron chi connectivity index (χ3n) is 8.12. The Balaban J connectivity index is 1.71. The van der Waals surface area contributed by atoms with E-state index in [1.165, 1.54) is 44.9 Å². The molecule has 1 heterocycles. The topological polar surface area (TPSA) is 12.0 Å². The Hall–Kier alpha value is -0.300. The minimum absolute atomic E-state index is 0.449. The highest BCUT2D eigenvalue weighted by Gasteiger charge is 2.57. The van der Waals surface area contributed by atoms with Crippen LogP contribution in [0.25, 0.3) is 0 Å². The molecule has 1 nitrogen and oxygen atoms in total. The lowest BCUT2D eigenvalue weighted by atomic mass is 9.47. The highest BCUT2D eigenvalue weighted by molar-refractivity contribution is 5.24. The van der Waals surface area contributed by atoms with E-state index < -0.39 is 0 Å². The average Bonchev–Trinajstić information content (AvgIpc) is 2.82. The molecule has 3 fully saturated rings. The molecule has 1 unspecified atom stereocenters. The van der Waals surface area contributed by atoms with E-state index in [0.717, 1.165) is 30.3 Å². The molecule has 0 amide bonds. The Labute approximate surface area is 124 Å². The summed E-state index contributed by atoms with van der Waals surface area (Å²) in [6.07, 6.45) is 12.9. The van der Waals surface area contributed by atoms with Gasteiger partial charge >= 0.3 is 0 Å². The van der Waals surface area contributed by atoms with Gasteiger partial charge in [-0.05, 0) is 68.6 Å². The molecule has 0 spiro atoms. The largest absolute Gasteiger partial charge is 0.310 e. The van der Waals surface area contributed by atoms with Gasteiger partial charge in [-0.15, -0.1) is 0 Å². The van der Waals surface area contributed by atoms with Crippen LogP contribution in [0.4, 0.5) is 0 Å². The number of hydrogen-bond donors (Lipinski definition) is 1. The zero-order chi connectivity index (χ0) is 14.0. The molecule has 112 valence electrons. The van der Waals surface area contributed by atoms with Crippen LogP contribution in [0.5, 0.6) is 0 Å². The molecule has 0 radical (unpaired) electrons. The van der Waals surface area contributed by atoms with E-state index in [2.05, 4.69) is 32.2 Å². The molecule has 0 aromatic rings. The molecule has 1 heteroatoms. The van der Waals surface area contributed by atoms with Gasteiger partial charge in [-0.25, -0.2) is 0 Å². The summed E-state index contributed by atoms with van der Waals surface area (Å²) in [4.78, 5) is 0. The summed E-state index contributed by atoms with van der Waals surface area (Å²) in [5.74, 6) is 3.00. The van der Waals surface area contributed by atoms with Crippen LogP contribution >= 0.6 is 0 Å². The molecular weight excluding hydrogens is 242 g/mol. The van der Waals surface area contributed by atoms with Crippen molar-refractivity contribution in [2.75, 3.05) is 6.54 Å². The predicted molar refractivity (Wildman–Crippen MR) is 84.6 cm³/mol. The molecule has 0 bridgehead atoms. The summed E-state index contributed by atoms with van der Waals surface area (Å²) in [5, 5.41) is 3.82. The molecule has 0 aromatic carbocycles. The van der Waals surface area contributed by atoms with E-state index in [0.29, 0.717) is 10.8 Å². The lowest BCUT2D eigenvalue weighted by Gasteiger charge is -2.60. The Morgan fingerprint density at radius 3 is 2.75 bits per heavy atom. The van der Waals surface area contributed by atoms with E-state index in [1.54, 1.807) is 5.57 Å². The number of rotatable bonds is 0. The van der Waals surface area contributed by atoms with Gasteiger partial charge in [-0.1, -0.05) is 31.9 Å². The summed E-state index contributed by atoms with van der Waals surface area (Å²) in [5.41, 5.74) is 2.84. The normalized spacial score (nSPS) is 54.6. The van der Waals surface area contributed by atoms with Crippen LogP contribution in [0.3, 0.4) is 0 Å². The molecule has 0 aromatic heterocycles. The Morgan fingerprint density at radius 2 is 1.90 bits per heavy atom. The maximum atomic E-state index is 3.82. The molecule has 3 aliphatic carbocycles. The highest BCUT2D eigenvalue weighted by Crippen LogP contribution is 2.64. The van der Waals surface area contributed by atoms with E-state index in [-0.39, 0.29) is 0 Å². The molecule has 0 saturated heterocycles. The second-order valence-corrected chi connectivity index (χ2v) is 8.67. The third kappa shape index (κ3) is 1.59. The maximum absolute atomic E-state index is 3.82. The van der Waals surface area contributed by atoms with Crippen molar-refractivity contribution < 1.29 is 0 Å². The van der Waals surface area contributed by atoms with Crippen molar-refractivity contribution in [3.63, 3.8) is 0 Å². The van der Waals surface area contributed by atoms with Gasteiger partial charge in [-0.2, -0.15) is 0 Å². The Bertz CT molecular complexity index is 439. The van der Waals surface area contributed by atoms with Gasteiger partial charge in [0.1, 0.15) is 0 Å². The molecule has 6 atom stereocenters. The fourth-order valence-electron chi connectivity index (χ4n) is 6.80. The van der Waals surface area contributed by atoms with Gasteiger partial charge in [0.2, 0.25) is 0 Å². The maximum Gasteiger partial charge on any atom is 0.0164 e. The number of hydrogen-bond acceptors (Lipinski definition) is 1. The van der Waals surface area contributed by atoms with Crippen LogP contribution < -0.4 is 5.32 Å². The van der Waals surface area contributed by atoms with Crippen molar-refractivity contribution in [2.45, 2.75) is 71.8 Å². The van der Waals surface area contributed by atoms with Gasteiger partial charge in [0.15, 0.2) is 0 Å². The van der Waals surface area contributed by atoms with Crippen molar-refractivity contribution >= 4 is 0 Å². The summed E-state index contributed by atoms with van der Waals surface area (Å²) in [6.45, 7) is 8.71. The summed E-state index contributed by atoms with van der Waals surface area (Å²) >= 11 is 0. The first kappa shape index (κ1) is 13.4. The second-order valence-electron chi connectivity index (χ2n) is 8.67. The Morgan fingerprint density at radius 1 is 1.05 bits per heavy atom. The van der Waals surface area contributed by atoms with Gasteiger partial charge in [-0.3, -0.25) is 0 Å². The van der Waals surface area contributed by atoms with Crippen molar-refractivity contribution in [1.29, 1.82) is 0 Å². The van der Waals surface area contributed by atoms with Crippen LogP contribution in [-0.4, -0.2) is 12.6 Å². The van der Waals surface area contributed by atoms with Crippen LogP contribution in [0.2, 0.25) is 0 Å². The van der Waals surface area contributed by atoms with Crippen molar-refractivity contribution in [1.82, 2.24) is 5.32 Å². The van der Waals surface area contributed by atoms with Crippen LogP contribution in [-0.2, 0) is 0 Å². The van der Waals surface area contributed by atoms with Crippen molar-refractivity contribution in [3.05, 3.63) is 11.6 Å². The molecule has 1 N–H and O–H groups in total. The molecule has 20 heavy (non-hydrogen) atoms. The standard InChI is InChI=1S/C19H31N/c1-13-9-12-20-17-7-6-14-15-5-4-10-18(15,2)11-8-16(14)19(13,17)3/h9,14-17,20H,4-8,10-12H2,1-3H3/t14-,15-,16+,17?,18-,19+/m0/s1. The molecular formula is C19H31N. The fourth-order valence-corrected chi connectivity index (χ4v) is 6.80. The predicted octanol–water partition coefficient (Wildman–Crippen LogP) is 4.54. The average molecular weight is 273 g/mol. The molecule has 4 rings (SSSR count). The first-order chi connectivity index (χ1) is 9.56. The van der Waals surface area contributed by atoms with Gasteiger partial charge in [0.05, 0.1) is 0 Å². The van der Waals surface area contributed by atoms with Gasteiger partial charge in [0.25, 0.3) is 0 Å². The van der Waals surface area contributed by atoms with Crippen LogP contribution in [0.15, 0.2) is 11.6 Å². The second kappa shape index (κ2) is 4.35. The molecule has 4 aliphatic rings. The van der Waals surface area contributed by atoms with E-state index in [4.69, 9.17) is 0 Å². The fraction of sp³-hybridized carbons (Fsp3) is 0.895. The van der Waals surface area contributed by atoms with Crippen LogP contribution in [0.1, 0.15) is 65.7 Å². The Kier molecular flexibility index (Phi) is 2.91. The van der Waals surface area contributed by atoms with Crippen LogP contribution in [0, 0.1) is 28.6 Å². The van der Waals surface area contributed by atoms with Gasteiger partial charge < -0.3 is 5.32 Å². The first-order valence-electron chi connectivity index (χ1n) is 8.96. The quantitative estimate of drug-likeness (QED) is 0.639. The minimum Gasteiger partial charge on any atom is -0.310 e. The zero-order valence-electron chi connectivity index (χ0n) is 13.5. The zero-order valence-corrected chi connectivity index (χ0v) is 13.5. The van der Waals surface area contributed by atoms with Gasteiger partial charge in [0, 0.05) is 18.0 Å². The summed E-state index contributed by atoms with van der Waals surface area (Å²) < 4.78 is 0. The lowest BCUT2D eigenvalue weighted by Crippen LogP contribution is -2.59. The van der Waals surface area contributed by atoms with Crippen molar-refractivity contribution in [3.8, 4) is 0 Å². The number of nitrogens with one attached hydrogen (secondary N) is 1. The summed E-state index contributed by atoms with van der Waals surface area (Å²) in [6, 6.07) is 0.750. The third-order valence-corrected chi connectivity index (χ3v) is 8.12. The molecule has 3 saturated carbocycles.